The summed E-state index contributed by atoms with van der Waals surface area (Å²) in [6, 6.07) is 7.37. The molecule has 0 saturated carbocycles. The van der Waals surface area contributed by atoms with Crippen LogP contribution in [0.5, 0.6) is 0 Å². The van der Waals surface area contributed by atoms with Crippen LogP contribution < -0.4 is 0 Å². The van der Waals surface area contributed by atoms with Gasteiger partial charge in [0.15, 0.2) is 0 Å². The first-order valence-electron chi connectivity index (χ1n) is 5.73. The summed E-state index contributed by atoms with van der Waals surface area (Å²) in [6.45, 7) is 3.93. The fourth-order valence-corrected chi connectivity index (χ4v) is 2.82. The van der Waals surface area contributed by atoms with Gasteiger partial charge < -0.3 is 4.57 Å². The lowest BCUT2D eigenvalue weighted by molar-refractivity contribution is 0.473. The van der Waals surface area contributed by atoms with E-state index in [0.717, 1.165) is 5.52 Å². The monoisotopic (exact) mass is 280 g/mol. The molecule has 0 saturated heterocycles. The maximum Gasteiger partial charge on any atom is 0.331 e. The molecule has 100 valence electrons. The van der Waals surface area contributed by atoms with Crippen LogP contribution in [0.4, 0.5) is 0 Å². The Morgan fingerprint density at radius 1 is 1.16 bits per heavy atom. The van der Waals surface area contributed by atoms with Gasteiger partial charge in [-0.15, -0.1) is 10.2 Å². The number of benzene rings is 1. The van der Waals surface area contributed by atoms with E-state index in [4.69, 9.17) is 0 Å². The van der Waals surface area contributed by atoms with Gasteiger partial charge in [-0.05, 0) is 26.0 Å². The first kappa shape index (κ1) is 12.1. The molecule has 0 fully saturated rings. The molecule has 1 N–H and O–H groups in total. The summed E-state index contributed by atoms with van der Waals surface area (Å²) in [4.78, 5) is 0. The number of para-hydroxylation sites is 2. The highest BCUT2D eigenvalue weighted by Crippen LogP contribution is 2.25. The van der Waals surface area contributed by atoms with Gasteiger partial charge in [-0.25, -0.2) is 4.40 Å². The van der Waals surface area contributed by atoms with Crippen molar-refractivity contribution >= 4 is 26.9 Å². The standard InChI is InChI=1S/C11H12N4O3S/c1-7(2)14-8-5-3-4-6-9(8)15-10(14)12-13-11(15)19(16,17)18/h3-7H,1-2H3,(H,16,17,18). The average Bonchev–Trinajstić information content (AvgIpc) is 2.84. The molecule has 0 unspecified atom stereocenters. The van der Waals surface area contributed by atoms with Gasteiger partial charge in [-0.1, -0.05) is 12.1 Å². The van der Waals surface area contributed by atoms with Gasteiger partial charge >= 0.3 is 10.1 Å². The SMILES string of the molecule is CC(C)n1c2ccccc2n2c(S(=O)(=O)O)nnc12. The molecular formula is C11H12N4O3S. The van der Waals surface area contributed by atoms with E-state index in [1.807, 2.05) is 30.5 Å². The van der Waals surface area contributed by atoms with E-state index in [1.165, 1.54) is 4.40 Å². The third-order valence-electron chi connectivity index (χ3n) is 2.96. The number of aromatic nitrogens is 4. The number of imidazole rings is 1. The van der Waals surface area contributed by atoms with Crippen LogP contribution >= 0.6 is 0 Å². The summed E-state index contributed by atoms with van der Waals surface area (Å²) in [7, 11) is -4.41. The molecule has 7 nitrogen and oxygen atoms in total. The quantitative estimate of drug-likeness (QED) is 0.719. The zero-order valence-electron chi connectivity index (χ0n) is 10.3. The molecule has 0 atom stereocenters. The van der Waals surface area contributed by atoms with Crippen LogP contribution in [0.25, 0.3) is 16.8 Å². The normalized spacial score (nSPS) is 12.8. The summed E-state index contributed by atoms with van der Waals surface area (Å²) < 4.78 is 35.2. The minimum absolute atomic E-state index is 0.0841. The Morgan fingerprint density at radius 3 is 2.37 bits per heavy atom. The van der Waals surface area contributed by atoms with Gasteiger partial charge in [0.05, 0.1) is 11.0 Å². The Balaban J connectivity index is 2.59. The minimum atomic E-state index is -4.41. The summed E-state index contributed by atoms with van der Waals surface area (Å²) in [5, 5.41) is 6.99. The highest BCUT2D eigenvalue weighted by atomic mass is 32.2. The van der Waals surface area contributed by atoms with Crippen molar-refractivity contribution in [2.24, 2.45) is 0 Å². The molecule has 0 aliphatic rings. The second-order valence-corrected chi connectivity index (χ2v) is 5.86. The first-order valence-corrected chi connectivity index (χ1v) is 7.17. The summed E-state index contributed by atoms with van der Waals surface area (Å²) in [5.41, 5.74) is 1.48. The number of hydrogen-bond acceptors (Lipinski definition) is 4. The molecule has 0 radical (unpaired) electrons. The molecule has 3 rings (SSSR count). The van der Waals surface area contributed by atoms with Crippen LogP contribution in [0.15, 0.2) is 29.4 Å². The number of fused-ring (bicyclic) bond motifs is 3. The largest absolute Gasteiger partial charge is 0.331 e. The van der Waals surface area contributed by atoms with Gasteiger partial charge in [-0.3, -0.25) is 4.55 Å². The van der Waals surface area contributed by atoms with Crippen molar-refractivity contribution in [1.29, 1.82) is 0 Å². The topological polar surface area (TPSA) is 89.5 Å². The third kappa shape index (κ3) is 1.64. The Kier molecular flexibility index (Phi) is 2.41. The predicted octanol–water partition coefficient (Wildman–Crippen LogP) is 1.51. The molecule has 2 aromatic heterocycles. The van der Waals surface area contributed by atoms with Crippen molar-refractivity contribution in [3.05, 3.63) is 24.3 Å². The van der Waals surface area contributed by atoms with Crippen molar-refractivity contribution in [3.8, 4) is 0 Å². The molecule has 0 aliphatic heterocycles. The van der Waals surface area contributed by atoms with E-state index in [9.17, 15) is 13.0 Å². The van der Waals surface area contributed by atoms with Crippen molar-refractivity contribution in [1.82, 2.24) is 19.2 Å². The predicted molar refractivity (Wildman–Crippen MR) is 68.7 cm³/mol. The highest BCUT2D eigenvalue weighted by Gasteiger charge is 2.24. The second-order valence-electron chi connectivity index (χ2n) is 4.55. The van der Waals surface area contributed by atoms with Crippen molar-refractivity contribution in [2.45, 2.75) is 25.0 Å². The molecule has 2 heterocycles. The van der Waals surface area contributed by atoms with E-state index in [0.29, 0.717) is 11.3 Å². The molecule has 0 amide bonds. The van der Waals surface area contributed by atoms with Crippen molar-refractivity contribution in [2.75, 3.05) is 0 Å². The molecule has 0 aliphatic carbocycles. The van der Waals surface area contributed by atoms with Crippen LogP contribution in [0.2, 0.25) is 0 Å². The molecule has 8 heteroatoms. The van der Waals surface area contributed by atoms with Crippen LogP contribution in [-0.2, 0) is 10.1 Å². The fraction of sp³-hybridized carbons (Fsp3) is 0.273. The Bertz CT molecular complexity index is 876. The molecular weight excluding hydrogens is 268 g/mol. The van der Waals surface area contributed by atoms with Crippen molar-refractivity contribution < 1.29 is 13.0 Å². The highest BCUT2D eigenvalue weighted by molar-refractivity contribution is 7.85. The number of rotatable bonds is 2. The zero-order valence-corrected chi connectivity index (χ0v) is 11.2. The summed E-state index contributed by atoms with van der Waals surface area (Å²) in [6.07, 6.45) is 0. The minimum Gasteiger partial charge on any atom is -0.306 e. The average molecular weight is 280 g/mol. The van der Waals surface area contributed by atoms with Crippen molar-refractivity contribution in [3.63, 3.8) is 0 Å². The maximum atomic E-state index is 11.4. The van der Waals surface area contributed by atoms with Crippen LogP contribution in [-0.4, -0.2) is 32.1 Å². The molecule has 1 aromatic carbocycles. The van der Waals surface area contributed by atoms with Crippen LogP contribution in [0.1, 0.15) is 19.9 Å². The van der Waals surface area contributed by atoms with E-state index in [-0.39, 0.29) is 6.04 Å². The number of hydrogen-bond donors (Lipinski definition) is 1. The van der Waals surface area contributed by atoms with E-state index < -0.39 is 15.3 Å². The molecule has 0 bridgehead atoms. The van der Waals surface area contributed by atoms with Gasteiger partial charge in [0.25, 0.3) is 5.16 Å². The fourth-order valence-electron chi connectivity index (χ4n) is 2.27. The first-order chi connectivity index (χ1) is 8.91. The lowest BCUT2D eigenvalue weighted by Crippen LogP contribution is -2.04. The molecule has 19 heavy (non-hydrogen) atoms. The Morgan fingerprint density at radius 2 is 1.79 bits per heavy atom. The van der Waals surface area contributed by atoms with Gasteiger partial charge in [0.2, 0.25) is 5.78 Å². The van der Waals surface area contributed by atoms with E-state index in [2.05, 4.69) is 10.2 Å². The van der Waals surface area contributed by atoms with Gasteiger partial charge in [0.1, 0.15) is 0 Å². The maximum absolute atomic E-state index is 11.4. The lowest BCUT2D eigenvalue weighted by Gasteiger charge is -2.07. The molecule has 3 aromatic rings. The molecule has 0 spiro atoms. The Labute approximate surface area is 109 Å². The zero-order chi connectivity index (χ0) is 13.8. The summed E-state index contributed by atoms with van der Waals surface area (Å²) >= 11 is 0. The summed E-state index contributed by atoms with van der Waals surface area (Å²) in [5.74, 6) is 0.392. The van der Waals surface area contributed by atoms with Crippen LogP contribution in [0.3, 0.4) is 0 Å². The van der Waals surface area contributed by atoms with Gasteiger partial charge in [-0.2, -0.15) is 8.42 Å². The Hall–Kier alpha value is -1.93. The lowest BCUT2D eigenvalue weighted by atomic mass is 10.3. The van der Waals surface area contributed by atoms with Crippen LogP contribution in [0, 0.1) is 0 Å². The van der Waals surface area contributed by atoms with Gasteiger partial charge in [0, 0.05) is 6.04 Å². The third-order valence-corrected chi connectivity index (χ3v) is 3.69. The van der Waals surface area contributed by atoms with E-state index >= 15 is 0 Å². The second kappa shape index (κ2) is 3.78. The smallest absolute Gasteiger partial charge is 0.306 e. The van der Waals surface area contributed by atoms with E-state index in [1.54, 1.807) is 12.1 Å². The number of nitrogens with zero attached hydrogens (tertiary/aromatic N) is 4.